The second-order valence-corrected chi connectivity index (χ2v) is 4.56. The van der Waals surface area contributed by atoms with Gasteiger partial charge in [0.25, 0.3) is 5.91 Å². The Balaban J connectivity index is 2.37. The first-order chi connectivity index (χ1) is 9.74. The molecule has 0 saturated heterocycles. The molecule has 3 nitrogen and oxygen atoms in total. The summed E-state index contributed by atoms with van der Waals surface area (Å²) < 4.78 is 0. The minimum Gasteiger partial charge on any atom is -0.362 e. The van der Waals surface area contributed by atoms with Gasteiger partial charge in [-0.15, -0.1) is 0 Å². The maximum atomic E-state index is 12.7. The van der Waals surface area contributed by atoms with Gasteiger partial charge in [0.1, 0.15) is 0 Å². The fourth-order valence-electron chi connectivity index (χ4n) is 1.84. The lowest BCUT2D eigenvalue weighted by molar-refractivity contribution is 0.100. The Morgan fingerprint density at radius 2 is 1.60 bits per heavy atom. The van der Waals surface area contributed by atoms with Crippen LogP contribution in [0.4, 0.5) is 5.69 Å². The van der Waals surface area contributed by atoms with E-state index in [4.69, 9.17) is 12.2 Å². The predicted molar refractivity (Wildman–Crippen MR) is 86.0 cm³/mol. The van der Waals surface area contributed by atoms with Gasteiger partial charge in [0.2, 0.25) is 0 Å². The van der Waals surface area contributed by atoms with Gasteiger partial charge in [0.05, 0.1) is 5.69 Å². The lowest BCUT2D eigenvalue weighted by Gasteiger charge is -2.23. The van der Waals surface area contributed by atoms with Crippen LogP contribution in [0.25, 0.3) is 0 Å². The zero-order valence-electron chi connectivity index (χ0n) is 11.2. The maximum Gasteiger partial charge on any atom is 0.264 e. The van der Waals surface area contributed by atoms with Gasteiger partial charge in [-0.2, -0.15) is 0 Å². The van der Waals surface area contributed by atoms with E-state index >= 15 is 0 Å². The molecule has 0 aliphatic heterocycles. The molecule has 0 unspecified atom stereocenters. The Labute approximate surface area is 124 Å². The summed E-state index contributed by atoms with van der Waals surface area (Å²) in [6.07, 6.45) is 0. The summed E-state index contributed by atoms with van der Waals surface area (Å²) in [6, 6.07) is 18.5. The van der Waals surface area contributed by atoms with E-state index in [1.807, 2.05) is 55.5 Å². The number of para-hydroxylation sites is 1. The standard InChI is InChI=1S/C16H16N2OS/c1-2-17-16(20)18(14-11-7-4-8-12-14)15(19)13-9-5-3-6-10-13/h3-12H,2H2,1H3,(H,17,20). The molecular formula is C16H16N2OS. The van der Waals surface area contributed by atoms with E-state index in [1.54, 1.807) is 12.1 Å². The molecule has 0 atom stereocenters. The molecule has 0 bridgehead atoms. The van der Waals surface area contributed by atoms with E-state index in [0.29, 0.717) is 17.2 Å². The highest BCUT2D eigenvalue weighted by Gasteiger charge is 2.21. The van der Waals surface area contributed by atoms with Crippen LogP contribution in [0.1, 0.15) is 17.3 Å². The van der Waals surface area contributed by atoms with E-state index < -0.39 is 0 Å². The summed E-state index contributed by atoms with van der Waals surface area (Å²) in [5.74, 6) is -0.136. The number of carbonyl (C=O) groups excluding carboxylic acids is 1. The Kier molecular flexibility index (Phi) is 4.85. The van der Waals surface area contributed by atoms with E-state index in [-0.39, 0.29) is 5.91 Å². The predicted octanol–water partition coefficient (Wildman–Crippen LogP) is 3.23. The van der Waals surface area contributed by atoms with Crippen molar-refractivity contribution in [1.82, 2.24) is 5.32 Å². The number of amides is 1. The van der Waals surface area contributed by atoms with Crippen LogP contribution >= 0.6 is 12.2 Å². The number of hydrogen-bond donors (Lipinski definition) is 1. The Bertz CT molecular complexity index is 584. The molecule has 2 aromatic carbocycles. The van der Waals surface area contributed by atoms with E-state index in [9.17, 15) is 4.79 Å². The normalized spacial score (nSPS) is 9.85. The molecule has 1 amide bonds. The minimum absolute atomic E-state index is 0.136. The number of nitrogens with zero attached hydrogens (tertiary/aromatic N) is 1. The van der Waals surface area contributed by atoms with Gasteiger partial charge >= 0.3 is 0 Å². The molecule has 0 saturated carbocycles. The molecule has 4 heteroatoms. The summed E-state index contributed by atoms with van der Waals surface area (Å²) in [5, 5.41) is 3.44. The zero-order chi connectivity index (χ0) is 14.4. The molecule has 20 heavy (non-hydrogen) atoms. The minimum atomic E-state index is -0.136. The average Bonchev–Trinajstić information content (AvgIpc) is 2.50. The molecule has 1 N–H and O–H groups in total. The van der Waals surface area contributed by atoms with Crippen LogP contribution in [0, 0.1) is 0 Å². The topological polar surface area (TPSA) is 32.3 Å². The number of rotatable bonds is 3. The van der Waals surface area contributed by atoms with E-state index in [1.165, 1.54) is 4.90 Å². The van der Waals surface area contributed by atoms with Crippen molar-refractivity contribution >= 4 is 28.9 Å². The van der Waals surface area contributed by atoms with Crippen molar-refractivity contribution in [1.29, 1.82) is 0 Å². The third-order valence-electron chi connectivity index (χ3n) is 2.77. The van der Waals surface area contributed by atoms with Crippen LogP contribution in [0.2, 0.25) is 0 Å². The van der Waals surface area contributed by atoms with Crippen LogP contribution in [-0.2, 0) is 0 Å². The van der Waals surface area contributed by atoms with Crippen molar-refractivity contribution in [2.24, 2.45) is 0 Å². The molecule has 0 fully saturated rings. The Morgan fingerprint density at radius 3 is 2.15 bits per heavy atom. The summed E-state index contributed by atoms with van der Waals surface area (Å²) in [5.41, 5.74) is 1.36. The second kappa shape index (κ2) is 6.82. The highest BCUT2D eigenvalue weighted by atomic mass is 32.1. The van der Waals surface area contributed by atoms with Gasteiger partial charge in [-0.3, -0.25) is 9.69 Å². The maximum absolute atomic E-state index is 12.7. The van der Waals surface area contributed by atoms with Crippen LogP contribution in [0.5, 0.6) is 0 Å². The number of nitrogens with one attached hydrogen (secondary N) is 1. The summed E-state index contributed by atoms with van der Waals surface area (Å²) in [7, 11) is 0. The average molecular weight is 284 g/mol. The van der Waals surface area contributed by atoms with Gasteiger partial charge in [0, 0.05) is 12.1 Å². The van der Waals surface area contributed by atoms with Gasteiger partial charge in [-0.1, -0.05) is 36.4 Å². The second-order valence-electron chi connectivity index (χ2n) is 4.18. The van der Waals surface area contributed by atoms with Gasteiger partial charge < -0.3 is 5.32 Å². The van der Waals surface area contributed by atoms with Crippen molar-refractivity contribution in [2.75, 3.05) is 11.4 Å². The third kappa shape index (κ3) is 3.22. The van der Waals surface area contributed by atoms with Crippen molar-refractivity contribution in [3.63, 3.8) is 0 Å². The molecule has 2 rings (SSSR count). The quantitative estimate of drug-likeness (QED) is 0.878. The summed E-state index contributed by atoms with van der Waals surface area (Å²) >= 11 is 5.33. The van der Waals surface area contributed by atoms with Crippen LogP contribution in [-0.4, -0.2) is 17.6 Å². The summed E-state index contributed by atoms with van der Waals surface area (Å²) in [6.45, 7) is 2.62. The number of hydrogen-bond acceptors (Lipinski definition) is 2. The first-order valence-corrected chi connectivity index (χ1v) is 6.87. The Morgan fingerprint density at radius 1 is 1.05 bits per heavy atom. The number of carbonyl (C=O) groups is 1. The van der Waals surface area contributed by atoms with E-state index in [2.05, 4.69) is 5.32 Å². The largest absolute Gasteiger partial charge is 0.362 e. The first kappa shape index (κ1) is 14.2. The van der Waals surface area contributed by atoms with Crippen molar-refractivity contribution < 1.29 is 4.79 Å². The van der Waals surface area contributed by atoms with Crippen LogP contribution in [0.3, 0.4) is 0 Å². The lowest BCUT2D eigenvalue weighted by atomic mass is 10.2. The highest BCUT2D eigenvalue weighted by Crippen LogP contribution is 2.17. The number of benzene rings is 2. The number of anilines is 1. The van der Waals surface area contributed by atoms with Crippen LogP contribution < -0.4 is 10.2 Å². The lowest BCUT2D eigenvalue weighted by Crippen LogP contribution is -2.43. The Hall–Kier alpha value is -2.20. The molecule has 0 aromatic heterocycles. The molecule has 2 aromatic rings. The zero-order valence-corrected chi connectivity index (χ0v) is 12.1. The van der Waals surface area contributed by atoms with Gasteiger partial charge in [0.15, 0.2) is 5.11 Å². The van der Waals surface area contributed by atoms with Gasteiger partial charge in [-0.05, 0) is 43.4 Å². The van der Waals surface area contributed by atoms with Crippen molar-refractivity contribution in [3.8, 4) is 0 Å². The number of thiocarbonyl (C=S) groups is 1. The molecule has 0 aliphatic carbocycles. The van der Waals surface area contributed by atoms with Gasteiger partial charge in [-0.25, -0.2) is 0 Å². The van der Waals surface area contributed by atoms with Crippen molar-refractivity contribution in [3.05, 3.63) is 66.2 Å². The molecule has 0 heterocycles. The highest BCUT2D eigenvalue weighted by molar-refractivity contribution is 7.80. The van der Waals surface area contributed by atoms with Crippen LogP contribution in [0.15, 0.2) is 60.7 Å². The molecular weight excluding hydrogens is 268 g/mol. The first-order valence-electron chi connectivity index (χ1n) is 6.46. The molecule has 0 radical (unpaired) electrons. The monoisotopic (exact) mass is 284 g/mol. The molecule has 102 valence electrons. The molecule has 0 aliphatic rings. The molecule has 0 spiro atoms. The third-order valence-corrected chi connectivity index (χ3v) is 3.10. The fourth-order valence-corrected chi connectivity index (χ4v) is 2.18. The SMILES string of the molecule is CCNC(=S)N(C(=O)c1ccccc1)c1ccccc1. The summed E-state index contributed by atoms with van der Waals surface area (Å²) in [4.78, 5) is 14.2. The fraction of sp³-hybridized carbons (Fsp3) is 0.125. The van der Waals surface area contributed by atoms with Crippen molar-refractivity contribution in [2.45, 2.75) is 6.92 Å². The van der Waals surface area contributed by atoms with E-state index in [0.717, 1.165) is 5.69 Å². The smallest absolute Gasteiger partial charge is 0.264 e.